The topological polar surface area (TPSA) is 79.3 Å². The Kier molecular flexibility index (Phi) is 4.30. The lowest BCUT2D eigenvalue weighted by Crippen LogP contribution is -2.44. The highest BCUT2D eigenvalue weighted by molar-refractivity contribution is 5.95. The van der Waals surface area contributed by atoms with Crippen LogP contribution < -0.4 is 5.32 Å². The Hall–Kier alpha value is -2.05. The fourth-order valence-corrected chi connectivity index (χ4v) is 1.30. The van der Waals surface area contributed by atoms with Crippen LogP contribution in [0.25, 0.3) is 0 Å². The largest absolute Gasteiger partial charge is 0.480 e. The Morgan fingerprint density at radius 1 is 1.39 bits per heavy atom. The van der Waals surface area contributed by atoms with Crippen LogP contribution in [0.15, 0.2) is 12.3 Å². The number of rotatable bonds is 4. The molecule has 0 unspecified atom stereocenters. The lowest BCUT2D eigenvalue weighted by atomic mass is 10.0. The molecule has 0 bridgehead atoms. The van der Waals surface area contributed by atoms with Crippen LogP contribution in [0.4, 0.5) is 8.78 Å². The van der Waals surface area contributed by atoms with Crippen molar-refractivity contribution in [2.24, 2.45) is 5.92 Å². The van der Waals surface area contributed by atoms with Gasteiger partial charge in [0, 0.05) is 6.07 Å². The number of aromatic nitrogens is 1. The summed E-state index contributed by atoms with van der Waals surface area (Å²) >= 11 is 0. The maximum atomic E-state index is 13.2. The van der Waals surface area contributed by atoms with E-state index in [0.29, 0.717) is 12.3 Å². The molecule has 0 aliphatic rings. The zero-order valence-corrected chi connectivity index (χ0v) is 9.78. The second kappa shape index (κ2) is 5.52. The number of halogens is 2. The third kappa shape index (κ3) is 3.22. The monoisotopic (exact) mass is 258 g/mol. The van der Waals surface area contributed by atoms with E-state index in [2.05, 4.69) is 10.3 Å². The first kappa shape index (κ1) is 14.0. The van der Waals surface area contributed by atoms with Gasteiger partial charge in [0.15, 0.2) is 11.5 Å². The highest BCUT2D eigenvalue weighted by Gasteiger charge is 2.25. The van der Waals surface area contributed by atoms with E-state index in [-0.39, 0.29) is 5.92 Å². The number of nitrogens with zero attached hydrogens (tertiary/aromatic N) is 1. The van der Waals surface area contributed by atoms with E-state index in [0.717, 1.165) is 0 Å². The van der Waals surface area contributed by atoms with Crippen LogP contribution in [0.1, 0.15) is 24.3 Å². The molecule has 0 radical (unpaired) electrons. The van der Waals surface area contributed by atoms with E-state index in [4.69, 9.17) is 5.11 Å². The summed E-state index contributed by atoms with van der Waals surface area (Å²) in [6.45, 7) is 3.18. The molecule has 1 aromatic heterocycles. The Bertz CT molecular complexity index is 477. The molecule has 2 N–H and O–H groups in total. The van der Waals surface area contributed by atoms with Crippen molar-refractivity contribution in [3.63, 3.8) is 0 Å². The highest BCUT2D eigenvalue weighted by Crippen LogP contribution is 2.08. The smallest absolute Gasteiger partial charge is 0.326 e. The van der Waals surface area contributed by atoms with E-state index in [1.165, 1.54) is 0 Å². The summed E-state index contributed by atoms with van der Waals surface area (Å²) < 4.78 is 25.8. The third-order valence-electron chi connectivity index (χ3n) is 2.24. The number of amides is 1. The normalized spacial score (nSPS) is 12.3. The van der Waals surface area contributed by atoms with Crippen molar-refractivity contribution in [2.75, 3.05) is 0 Å². The molecule has 98 valence electrons. The zero-order chi connectivity index (χ0) is 13.9. The quantitative estimate of drug-likeness (QED) is 0.850. The average Bonchev–Trinajstić information content (AvgIpc) is 2.24. The molecule has 0 aromatic carbocycles. The number of carbonyl (C=O) groups excluding carboxylic acids is 1. The minimum atomic E-state index is -1.24. The molecule has 0 saturated heterocycles. The molecule has 18 heavy (non-hydrogen) atoms. The second-order valence-corrected chi connectivity index (χ2v) is 4.02. The maximum absolute atomic E-state index is 13.2. The molecule has 1 rings (SSSR count). The number of hydrogen-bond donors (Lipinski definition) is 2. The van der Waals surface area contributed by atoms with Gasteiger partial charge in [-0.25, -0.2) is 18.6 Å². The molecule has 1 amide bonds. The summed E-state index contributed by atoms with van der Waals surface area (Å²) in [5.41, 5.74) is -0.636. The van der Waals surface area contributed by atoms with Crippen LogP contribution in [0.3, 0.4) is 0 Å². The molecule has 0 fully saturated rings. The fraction of sp³-hybridized carbons (Fsp3) is 0.364. The summed E-state index contributed by atoms with van der Waals surface area (Å²) in [5, 5.41) is 11.0. The summed E-state index contributed by atoms with van der Waals surface area (Å²) in [7, 11) is 0. The third-order valence-corrected chi connectivity index (χ3v) is 2.24. The van der Waals surface area contributed by atoms with Crippen molar-refractivity contribution in [1.29, 1.82) is 0 Å². The predicted octanol–water partition coefficient (Wildman–Crippen LogP) is 1.20. The molecular formula is C11H12F2N2O3. The van der Waals surface area contributed by atoms with Gasteiger partial charge in [-0.1, -0.05) is 13.8 Å². The first-order valence-corrected chi connectivity index (χ1v) is 5.17. The predicted molar refractivity (Wildman–Crippen MR) is 57.9 cm³/mol. The maximum Gasteiger partial charge on any atom is 0.326 e. The van der Waals surface area contributed by atoms with Gasteiger partial charge >= 0.3 is 5.97 Å². The van der Waals surface area contributed by atoms with Crippen molar-refractivity contribution >= 4 is 11.9 Å². The van der Waals surface area contributed by atoms with Gasteiger partial charge in [-0.3, -0.25) is 4.79 Å². The molecule has 0 aliphatic carbocycles. The molecule has 7 heteroatoms. The van der Waals surface area contributed by atoms with Crippen LogP contribution in [0.5, 0.6) is 0 Å². The van der Waals surface area contributed by atoms with E-state index in [9.17, 15) is 18.4 Å². The van der Waals surface area contributed by atoms with Gasteiger partial charge in [0.05, 0.1) is 6.20 Å². The minimum absolute atomic E-state index is 0.380. The number of carboxylic acids is 1. The first-order valence-electron chi connectivity index (χ1n) is 5.17. The van der Waals surface area contributed by atoms with Crippen LogP contribution in [0, 0.1) is 17.6 Å². The molecule has 0 aliphatic heterocycles. The van der Waals surface area contributed by atoms with Crippen molar-refractivity contribution in [1.82, 2.24) is 10.3 Å². The molecule has 5 nitrogen and oxygen atoms in total. The van der Waals surface area contributed by atoms with Crippen LogP contribution in [-0.2, 0) is 4.79 Å². The summed E-state index contributed by atoms with van der Waals surface area (Å²) in [5.74, 6) is -4.66. The van der Waals surface area contributed by atoms with Gasteiger partial charge in [0.25, 0.3) is 5.91 Å². The van der Waals surface area contributed by atoms with Crippen LogP contribution in [-0.4, -0.2) is 28.0 Å². The fourth-order valence-electron chi connectivity index (χ4n) is 1.30. The summed E-state index contributed by atoms with van der Waals surface area (Å²) in [4.78, 5) is 25.7. The first-order chi connectivity index (χ1) is 8.32. The molecular weight excluding hydrogens is 246 g/mol. The lowest BCUT2D eigenvalue weighted by molar-refractivity contribution is -0.140. The van der Waals surface area contributed by atoms with E-state index in [1.807, 2.05) is 0 Å². The Labute approximate surface area is 102 Å². The van der Waals surface area contributed by atoms with Gasteiger partial charge < -0.3 is 10.4 Å². The second-order valence-electron chi connectivity index (χ2n) is 4.02. The molecule has 1 heterocycles. The van der Waals surface area contributed by atoms with E-state index in [1.54, 1.807) is 13.8 Å². The van der Waals surface area contributed by atoms with Crippen molar-refractivity contribution in [3.05, 3.63) is 29.6 Å². The highest BCUT2D eigenvalue weighted by atomic mass is 19.1. The van der Waals surface area contributed by atoms with Gasteiger partial charge in [0.2, 0.25) is 0 Å². The van der Waals surface area contributed by atoms with Gasteiger partial charge in [-0.05, 0) is 5.92 Å². The van der Waals surface area contributed by atoms with Crippen molar-refractivity contribution in [2.45, 2.75) is 19.9 Å². The Balaban J connectivity index is 2.91. The van der Waals surface area contributed by atoms with E-state index < -0.39 is 35.2 Å². The molecule has 0 spiro atoms. The van der Waals surface area contributed by atoms with Crippen molar-refractivity contribution < 1.29 is 23.5 Å². The summed E-state index contributed by atoms with van der Waals surface area (Å²) in [6.07, 6.45) is 0.684. The Morgan fingerprint density at radius 3 is 2.44 bits per heavy atom. The Morgan fingerprint density at radius 2 is 2.00 bits per heavy atom. The molecule has 0 saturated carbocycles. The lowest BCUT2D eigenvalue weighted by Gasteiger charge is -2.17. The van der Waals surface area contributed by atoms with Gasteiger partial charge in [-0.2, -0.15) is 0 Å². The standard InChI is InChI=1S/C11H12F2N2O3/c1-5(2)8(11(17)18)15-10(16)9-7(13)3-6(12)4-14-9/h3-5,8H,1-2H3,(H,15,16)(H,17,18)/t8-/m1/s1. The number of nitrogens with one attached hydrogen (secondary N) is 1. The zero-order valence-electron chi connectivity index (χ0n) is 9.78. The number of aliphatic carboxylic acids is 1. The van der Waals surface area contributed by atoms with E-state index >= 15 is 0 Å². The van der Waals surface area contributed by atoms with Gasteiger partial charge in [0.1, 0.15) is 11.9 Å². The molecule has 1 aromatic rings. The van der Waals surface area contributed by atoms with Crippen LogP contribution >= 0.6 is 0 Å². The minimum Gasteiger partial charge on any atom is -0.480 e. The summed E-state index contributed by atoms with van der Waals surface area (Å²) in [6, 6.07) is -0.656. The average molecular weight is 258 g/mol. The number of pyridine rings is 1. The van der Waals surface area contributed by atoms with Gasteiger partial charge in [-0.15, -0.1) is 0 Å². The molecule has 1 atom stereocenters. The number of carbonyl (C=O) groups is 2. The number of carboxylic acid groups (broad SMARTS) is 1. The SMILES string of the molecule is CC(C)[C@@H](NC(=O)c1ncc(F)cc1F)C(=O)O. The van der Waals surface area contributed by atoms with Crippen molar-refractivity contribution in [3.8, 4) is 0 Å². The number of hydrogen-bond acceptors (Lipinski definition) is 3. The van der Waals surface area contributed by atoms with Crippen LogP contribution in [0.2, 0.25) is 0 Å².